The Morgan fingerprint density at radius 3 is 2.75 bits per heavy atom. The summed E-state index contributed by atoms with van der Waals surface area (Å²) in [6, 6.07) is 4.56. The number of hydrogen-bond donors (Lipinski definition) is 1. The molecule has 0 bridgehead atoms. The minimum absolute atomic E-state index is 0.393. The standard InChI is InChI=1S/C15H20N4O/c1-10-4-3-9-17-13(10)14-18-15(20-19-14)11-5-7-12(16-2)8-6-11/h3-4,9,11-12,16H,5-8H2,1-2H3. The van der Waals surface area contributed by atoms with Crippen molar-refractivity contribution in [1.29, 1.82) is 0 Å². The van der Waals surface area contributed by atoms with Gasteiger partial charge in [0.2, 0.25) is 11.7 Å². The highest BCUT2D eigenvalue weighted by Gasteiger charge is 2.26. The number of pyridine rings is 1. The van der Waals surface area contributed by atoms with Crippen LogP contribution in [0.25, 0.3) is 11.5 Å². The summed E-state index contributed by atoms with van der Waals surface area (Å²) in [7, 11) is 2.03. The predicted octanol–water partition coefficient (Wildman–Crippen LogP) is 2.69. The maximum Gasteiger partial charge on any atom is 0.230 e. The van der Waals surface area contributed by atoms with Crippen LogP contribution in [0.2, 0.25) is 0 Å². The Hall–Kier alpha value is -1.75. The summed E-state index contributed by atoms with van der Waals surface area (Å²) in [6.07, 6.45) is 6.31. The van der Waals surface area contributed by atoms with Crippen molar-refractivity contribution in [3.05, 3.63) is 29.8 Å². The number of nitrogens with zero attached hydrogens (tertiary/aromatic N) is 3. The van der Waals surface area contributed by atoms with Crippen LogP contribution in [0.1, 0.15) is 43.1 Å². The molecule has 0 saturated heterocycles. The van der Waals surface area contributed by atoms with E-state index in [2.05, 4.69) is 20.4 Å². The van der Waals surface area contributed by atoms with Crippen molar-refractivity contribution in [2.75, 3.05) is 7.05 Å². The molecule has 5 heteroatoms. The summed E-state index contributed by atoms with van der Waals surface area (Å²) in [4.78, 5) is 8.89. The molecule has 1 aliphatic rings. The molecule has 0 aromatic carbocycles. The van der Waals surface area contributed by atoms with Gasteiger partial charge in [0, 0.05) is 18.2 Å². The van der Waals surface area contributed by atoms with Crippen LogP contribution < -0.4 is 5.32 Å². The van der Waals surface area contributed by atoms with E-state index in [0.717, 1.165) is 30.0 Å². The van der Waals surface area contributed by atoms with Crippen LogP contribution in [0, 0.1) is 6.92 Å². The van der Waals surface area contributed by atoms with Crippen molar-refractivity contribution in [3.63, 3.8) is 0 Å². The molecule has 0 atom stereocenters. The molecule has 1 N–H and O–H groups in total. The zero-order chi connectivity index (χ0) is 13.9. The molecular weight excluding hydrogens is 252 g/mol. The van der Waals surface area contributed by atoms with Gasteiger partial charge in [0.15, 0.2) is 0 Å². The molecular formula is C15H20N4O. The lowest BCUT2D eigenvalue weighted by Crippen LogP contribution is -2.29. The van der Waals surface area contributed by atoms with E-state index in [1.807, 2.05) is 26.1 Å². The molecule has 0 unspecified atom stereocenters. The predicted molar refractivity (Wildman–Crippen MR) is 76.3 cm³/mol. The molecule has 1 fully saturated rings. The third-order valence-corrected chi connectivity index (χ3v) is 4.15. The molecule has 1 aliphatic carbocycles. The van der Waals surface area contributed by atoms with Crippen LogP contribution in [0.4, 0.5) is 0 Å². The van der Waals surface area contributed by atoms with E-state index in [-0.39, 0.29) is 0 Å². The van der Waals surface area contributed by atoms with Gasteiger partial charge >= 0.3 is 0 Å². The highest BCUT2D eigenvalue weighted by atomic mass is 16.5. The van der Waals surface area contributed by atoms with E-state index >= 15 is 0 Å². The molecule has 3 rings (SSSR count). The highest BCUT2D eigenvalue weighted by Crippen LogP contribution is 2.32. The first kappa shape index (κ1) is 13.2. The SMILES string of the molecule is CNC1CCC(c2nc(-c3ncccc3C)no2)CC1. The number of hydrogen-bond acceptors (Lipinski definition) is 5. The minimum atomic E-state index is 0.393. The molecule has 2 aromatic heterocycles. The zero-order valence-corrected chi connectivity index (χ0v) is 12.0. The minimum Gasteiger partial charge on any atom is -0.339 e. The van der Waals surface area contributed by atoms with Gasteiger partial charge in [-0.1, -0.05) is 11.2 Å². The lowest BCUT2D eigenvalue weighted by atomic mass is 9.86. The first-order valence-corrected chi connectivity index (χ1v) is 7.21. The average Bonchev–Trinajstić information content (AvgIpc) is 2.97. The van der Waals surface area contributed by atoms with Gasteiger partial charge in [-0.2, -0.15) is 4.98 Å². The van der Waals surface area contributed by atoms with Gasteiger partial charge in [0.1, 0.15) is 5.69 Å². The first-order chi connectivity index (χ1) is 9.78. The smallest absolute Gasteiger partial charge is 0.230 e. The molecule has 20 heavy (non-hydrogen) atoms. The monoisotopic (exact) mass is 272 g/mol. The van der Waals surface area contributed by atoms with Crippen LogP contribution in [-0.4, -0.2) is 28.2 Å². The number of nitrogens with one attached hydrogen (secondary N) is 1. The lowest BCUT2D eigenvalue weighted by Gasteiger charge is -2.25. The van der Waals surface area contributed by atoms with Gasteiger partial charge < -0.3 is 9.84 Å². The van der Waals surface area contributed by atoms with Gasteiger partial charge in [0.05, 0.1) is 0 Å². The van der Waals surface area contributed by atoms with Crippen LogP contribution in [0.15, 0.2) is 22.9 Å². The van der Waals surface area contributed by atoms with Crippen molar-refractivity contribution in [2.45, 2.75) is 44.6 Å². The van der Waals surface area contributed by atoms with E-state index in [1.165, 1.54) is 12.8 Å². The fourth-order valence-corrected chi connectivity index (χ4v) is 2.85. The maximum absolute atomic E-state index is 5.46. The van der Waals surface area contributed by atoms with Crippen LogP contribution >= 0.6 is 0 Å². The Morgan fingerprint density at radius 1 is 1.25 bits per heavy atom. The van der Waals surface area contributed by atoms with Crippen molar-refractivity contribution in [3.8, 4) is 11.5 Å². The van der Waals surface area contributed by atoms with Gasteiger partial charge in [-0.25, -0.2) is 0 Å². The summed E-state index contributed by atoms with van der Waals surface area (Å²) in [5, 5.41) is 7.44. The fraction of sp³-hybridized carbons (Fsp3) is 0.533. The lowest BCUT2D eigenvalue weighted by molar-refractivity contribution is 0.288. The van der Waals surface area contributed by atoms with E-state index in [1.54, 1.807) is 6.20 Å². The number of aryl methyl sites for hydroxylation is 1. The molecule has 2 heterocycles. The Balaban J connectivity index is 1.76. The molecule has 1 saturated carbocycles. The summed E-state index contributed by atoms with van der Waals surface area (Å²) >= 11 is 0. The van der Waals surface area contributed by atoms with Gasteiger partial charge in [-0.05, 0) is 51.3 Å². The topological polar surface area (TPSA) is 63.8 Å². The Morgan fingerprint density at radius 2 is 2.05 bits per heavy atom. The normalized spacial score (nSPS) is 22.9. The number of rotatable bonds is 3. The van der Waals surface area contributed by atoms with Crippen molar-refractivity contribution >= 4 is 0 Å². The van der Waals surface area contributed by atoms with E-state index in [4.69, 9.17) is 4.52 Å². The Kier molecular flexibility index (Phi) is 3.78. The summed E-state index contributed by atoms with van der Waals surface area (Å²) in [5.41, 5.74) is 1.88. The summed E-state index contributed by atoms with van der Waals surface area (Å²) < 4.78 is 5.46. The second kappa shape index (κ2) is 5.71. The third kappa shape index (κ3) is 2.58. The number of aromatic nitrogens is 3. The maximum atomic E-state index is 5.46. The Bertz CT molecular complexity index is 573. The largest absolute Gasteiger partial charge is 0.339 e. The van der Waals surface area contributed by atoms with Crippen LogP contribution in [0.3, 0.4) is 0 Å². The van der Waals surface area contributed by atoms with Gasteiger partial charge in [0.25, 0.3) is 0 Å². The molecule has 2 aromatic rings. The molecule has 0 spiro atoms. The van der Waals surface area contributed by atoms with Crippen LogP contribution in [0.5, 0.6) is 0 Å². The van der Waals surface area contributed by atoms with E-state index in [9.17, 15) is 0 Å². The first-order valence-electron chi connectivity index (χ1n) is 7.21. The molecule has 0 radical (unpaired) electrons. The molecule has 0 amide bonds. The average molecular weight is 272 g/mol. The molecule has 0 aliphatic heterocycles. The molecule has 5 nitrogen and oxygen atoms in total. The third-order valence-electron chi connectivity index (χ3n) is 4.15. The summed E-state index contributed by atoms with van der Waals surface area (Å²) in [6.45, 7) is 2.01. The second-order valence-electron chi connectivity index (χ2n) is 5.46. The highest BCUT2D eigenvalue weighted by molar-refractivity contribution is 5.53. The van der Waals surface area contributed by atoms with Gasteiger partial charge in [-0.15, -0.1) is 0 Å². The summed E-state index contributed by atoms with van der Waals surface area (Å²) in [5.74, 6) is 1.76. The molecule has 106 valence electrons. The quantitative estimate of drug-likeness (QED) is 0.930. The second-order valence-corrected chi connectivity index (χ2v) is 5.46. The van der Waals surface area contributed by atoms with Crippen molar-refractivity contribution < 1.29 is 4.52 Å². The van der Waals surface area contributed by atoms with Crippen LogP contribution in [-0.2, 0) is 0 Å². The Labute approximate surface area is 118 Å². The van der Waals surface area contributed by atoms with Crippen molar-refractivity contribution in [2.24, 2.45) is 0 Å². The van der Waals surface area contributed by atoms with Gasteiger partial charge in [-0.3, -0.25) is 4.98 Å². The van der Waals surface area contributed by atoms with Crippen molar-refractivity contribution in [1.82, 2.24) is 20.4 Å². The van der Waals surface area contributed by atoms with E-state index < -0.39 is 0 Å². The zero-order valence-electron chi connectivity index (χ0n) is 12.0. The van der Waals surface area contributed by atoms with E-state index in [0.29, 0.717) is 17.8 Å². The fourth-order valence-electron chi connectivity index (χ4n) is 2.85.